The summed E-state index contributed by atoms with van der Waals surface area (Å²) < 4.78 is 5.51. The summed E-state index contributed by atoms with van der Waals surface area (Å²) >= 11 is 0. The maximum atomic E-state index is 11.5. The van der Waals surface area contributed by atoms with Crippen LogP contribution in [0, 0.1) is 13.8 Å². The van der Waals surface area contributed by atoms with E-state index >= 15 is 0 Å². The van der Waals surface area contributed by atoms with E-state index in [-0.39, 0.29) is 24.9 Å². The second kappa shape index (κ2) is 8.77. The van der Waals surface area contributed by atoms with Crippen molar-refractivity contribution in [2.45, 2.75) is 13.8 Å². The normalized spacial score (nSPS) is 9.95. The lowest BCUT2D eigenvalue weighted by Gasteiger charge is -2.12. The van der Waals surface area contributed by atoms with Gasteiger partial charge in [0.05, 0.1) is 0 Å². The molecule has 0 fully saturated rings. The average Bonchev–Trinajstić information content (AvgIpc) is 2.30. The van der Waals surface area contributed by atoms with E-state index in [0.717, 1.165) is 23.4 Å². The summed E-state index contributed by atoms with van der Waals surface area (Å²) in [5.41, 5.74) is 2.17. The van der Waals surface area contributed by atoms with Crippen LogP contribution >= 0.6 is 12.4 Å². The molecule has 0 unspecified atom stereocenters. The molecule has 1 rings (SSSR count). The summed E-state index contributed by atoms with van der Waals surface area (Å²) in [6.07, 6.45) is 0. The topological polar surface area (TPSA) is 41.6 Å². The minimum absolute atomic E-state index is 0. The number of benzene rings is 1. The second-order valence-corrected chi connectivity index (χ2v) is 4.71. The number of halogens is 1. The Morgan fingerprint density at radius 3 is 2.63 bits per heavy atom. The zero-order valence-corrected chi connectivity index (χ0v) is 12.8. The van der Waals surface area contributed by atoms with Crippen LogP contribution in [0.25, 0.3) is 0 Å². The highest BCUT2D eigenvalue weighted by atomic mass is 35.5. The molecular weight excluding hydrogens is 264 g/mol. The quantitative estimate of drug-likeness (QED) is 0.867. The van der Waals surface area contributed by atoms with Crippen molar-refractivity contribution < 1.29 is 9.53 Å². The van der Waals surface area contributed by atoms with Crippen LogP contribution in [0.15, 0.2) is 18.2 Å². The van der Waals surface area contributed by atoms with Crippen molar-refractivity contribution in [1.29, 1.82) is 0 Å². The predicted molar refractivity (Wildman–Crippen MR) is 80.2 cm³/mol. The Morgan fingerprint density at radius 1 is 1.32 bits per heavy atom. The van der Waals surface area contributed by atoms with Crippen molar-refractivity contribution in [3.8, 4) is 5.75 Å². The Hall–Kier alpha value is -1.26. The number of rotatable bonds is 6. The van der Waals surface area contributed by atoms with Crippen LogP contribution in [0.1, 0.15) is 11.1 Å². The third-order valence-corrected chi connectivity index (χ3v) is 2.58. The second-order valence-electron chi connectivity index (χ2n) is 4.71. The van der Waals surface area contributed by atoms with Crippen molar-refractivity contribution >= 4 is 18.3 Å². The molecule has 0 aliphatic rings. The summed E-state index contributed by atoms with van der Waals surface area (Å²) in [5.74, 6) is 0.690. The van der Waals surface area contributed by atoms with Gasteiger partial charge in [0.15, 0.2) is 6.61 Å². The Labute approximate surface area is 121 Å². The lowest BCUT2D eigenvalue weighted by Crippen LogP contribution is -2.34. The summed E-state index contributed by atoms with van der Waals surface area (Å²) in [6.45, 7) is 5.51. The molecule has 1 amide bonds. The fraction of sp³-hybridized carbons (Fsp3) is 0.500. The van der Waals surface area contributed by atoms with Gasteiger partial charge < -0.3 is 15.0 Å². The van der Waals surface area contributed by atoms with Crippen molar-refractivity contribution in [3.05, 3.63) is 29.3 Å². The van der Waals surface area contributed by atoms with Gasteiger partial charge in [0, 0.05) is 13.1 Å². The van der Waals surface area contributed by atoms with Gasteiger partial charge in [-0.3, -0.25) is 4.79 Å². The monoisotopic (exact) mass is 286 g/mol. The van der Waals surface area contributed by atoms with E-state index in [1.54, 1.807) is 0 Å². The largest absolute Gasteiger partial charge is 0.483 e. The van der Waals surface area contributed by atoms with Crippen LogP contribution in [0.2, 0.25) is 0 Å². The lowest BCUT2D eigenvalue weighted by molar-refractivity contribution is -0.123. The molecule has 0 bridgehead atoms. The number of nitrogens with one attached hydrogen (secondary N) is 1. The number of hydrogen-bond donors (Lipinski definition) is 1. The van der Waals surface area contributed by atoms with E-state index in [9.17, 15) is 4.79 Å². The van der Waals surface area contributed by atoms with E-state index in [1.807, 2.05) is 51.0 Å². The van der Waals surface area contributed by atoms with Gasteiger partial charge in [-0.1, -0.05) is 12.1 Å². The molecular formula is C14H23ClN2O2. The molecule has 4 nitrogen and oxygen atoms in total. The maximum Gasteiger partial charge on any atom is 0.257 e. The smallest absolute Gasteiger partial charge is 0.257 e. The van der Waals surface area contributed by atoms with Crippen LogP contribution in [-0.4, -0.2) is 44.6 Å². The Morgan fingerprint density at radius 2 is 2.00 bits per heavy atom. The third kappa shape index (κ3) is 7.03. The number of hydrogen-bond acceptors (Lipinski definition) is 3. The molecule has 108 valence electrons. The first kappa shape index (κ1) is 17.7. The highest BCUT2D eigenvalue weighted by Gasteiger charge is 2.04. The number of ether oxygens (including phenoxy) is 1. The average molecular weight is 287 g/mol. The van der Waals surface area contributed by atoms with Gasteiger partial charge in [0.2, 0.25) is 0 Å². The SMILES string of the molecule is Cc1ccc(C)c(OCC(=O)NCCN(C)C)c1.Cl. The number of carbonyl (C=O) groups excluding carboxylic acids is 1. The summed E-state index contributed by atoms with van der Waals surface area (Å²) in [5, 5.41) is 2.81. The molecule has 0 radical (unpaired) electrons. The molecule has 5 heteroatoms. The number of nitrogens with zero attached hydrogens (tertiary/aromatic N) is 1. The molecule has 0 aromatic heterocycles. The molecule has 0 saturated carbocycles. The van der Waals surface area contributed by atoms with Crippen LogP contribution < -0.4 is 10.1 Å². The first-order valence-electron chi connectivity index (χ1n) is 6.10. The summed E-state index contributed by atoms with van der Waals surface area (Å²) in [6, 6.07) is 5.97. The highest BCUT2D eigenvalue weighted by molar-refractivity contribution is 5.85. The van der Waals surface area contributed by atoms with Crippen LogP contribution in [0.4, 0.5) is 0 Å². The molecule has 0 saturated heterocycles. The van der Waals surface area contributed by atoms with Gasteiger partial charge in [-0.05, 0) is 45.1 Å². The maximum absolute atomic E-state index is 11.5. The Kier molecular flexibility index (Phi) is 8.19. The third-order valence-electron chi connectivity index (χ3n) is 2.58. The summed E-state index contributed by atoms with van der Waals surface area (Å²) in [7, 11) is 3.94. The Bertz CT molecular complexity index is 408. The molecule has 0 aliphatic heterocycles. The van der Waals surface area contributed by atoms with Gasteiger partial charge in [-0.15, -0.1) is 12.4 Å². The van der Waals surface area contributed by atoms with E-state index < -0.39 is 0 Å². The zero-order valence-electron chi connectivity index (χ0n) is 12.0. The van der Waals surface area contributed by atoms with E-state index in [0.29, 0.717) is 6.54 Å². The van der Waals surface area contributed by atoms with E-state index in [4.69, 9.17) is 4.74 Å². The van der Waals surface area contributed by atoms with Gasteiger partial charge in [0.25, 0.3) is 5.91 Å². The minimum atomic E-state index is -0.0854. The number of carbonyl (C=O) groups is 1. The minimum Gasteiger partial charge on any atom is -0.483 e. The van der Waals surface area contributed by atoms with Gasteiger partial charge >= 0.3 is 0 Å². The number of likely N-dealkylation sites (N-methyl/N-ethyl adjacent to an activating group) is 1. The molecule has 0 heterocycles. The number of aryl methyl sites for hydroxylation is 2. The highest BCUT2D eigenvalue weighted by Crippen LogP contribution is 2.18. The number of amides is 1. The molecule has 1 aromatic rings. The molecule has 0 atom stereocenters. The van der Waals surface area contributed by atoms with Gasteiger partial charge in [0.1, 0.15) is 5.75 Å². The van der Waals surface area contributed by atoms with E-state index in [2.05, 4.69) is 5.32 Å². The van der Waals surface area contributed by atoms with Crippen molar-refractivity contribution in [2.75, 3.05) is 33.8 Å². The summed E-state index contributed by atoms with van der Waals surface area (Å²) in [4.78, 5) is 13.6. The molecule has 0 spiro atoms. The fourth-order valence-corrected chi connectivity index (χ4v) is 1.48. The molecule has 0 aliphatic carbocycles. The predicted octanol–water partition coefficient (Wildman–Crippen LogP) is 1.78. The molecule has 1 aromatic carbocycles. The lowest BCUT2D eigenvalue weighted by atomic mass is 10.1. The Balaban J connectivity index is 0.00000324. The first-order chi connectivity index (χ1) is 8.49. The standard InChI is InChI=1S/C14H22N2O2.ClH/c1-11-5-6-12(2)13(9-11)18-10-14(17)15-7-8-16(3)4;/h5-6,9H,7-8,10H2,1-4H3,(H,15,17);1H. The first-order valence-corrected chi connectivity index (χ1v) is 6.10. The molecule has 1 N–H and O–H groups in total. The van der Waals surface area contributed by atoms with Crippen LogP contribution in [-0.2, 0) is 4.79 Å². The fourth-order valence-electron chi connectivity index (χ4n) is 1.48. The van der Waals surface area contributed by atoms with Crippen molar-refractivity contribution in [3.63, 3.8) is 0 Å². The van der Waals surface area contributed by atoms with Crippen LogP contribution in [0.5, 0.6) is 5.75 Å². The van der Waals surface area contributed by atoms with E-state index in [1.165, 1.54) is 0 Å². The van der Waals surface area contributed by atoms with Crippen molar-refractivity contribution in [1.82, 2.24) is 10.2 Å². The van der Waals surface area contributed by atoms with Gasteiger partial charge in [-0.25, -0.2) is 0 Å². The van der Waals surface area contributed by atoms with Crippen molar-refractivity contribution in [2.24, 2.45) is 0 Å². The molecule has 19 heavy (non-hydrogen) atoms. The zero-order chi connectivity index (χ0) is 13.5. The van der Waals surface area contributed by atoms with Crippen LogP contribution in [0.3, 0.4) is 0 Å². The van der Waals surface area contributed by atoms with Gasteiger partial charge in [-0.2, -0.15) is 0 Å².